The van der Waals surface area contributed by atoms with Gasteiger partial charge in [0.15, 0.2) is 11.6 Å². The Bertz CT molecular complexity index is 1100. The molecule has 0 saturated heterocycles. The van der Waals surface area contributed by atoms with Crippen molar-refractivity contribution in [1.82, 2.24) is 14.9 Å². The van der Waals surface area contributed by atoms with Gasteiger partial charge >= 0.3 is 7.12 Å². The molecule has 7 nitrogen and oxygen atoms in total. The minimum absolute atomic E-state index is 0.0525. The summed E-state index contributed by atoms with van der Waals surface area (Å²) in [6, 6.07) is 9.57. The van der Waals surface area contributed by atoms with Crippen LogP contribution in [0.2, 0.25) is 0 Å². The summed E-state index contributed by atoms with van der Waals surface area (Å²) in [5.74, 6) is -2.70. The van der Waals surface area contributed by atoms with Gasteiger partial charge in [0.05, 0.1) is 12.9 Å². The quantitative estimate of drug-likeness (QED) is 0.513. The van der Waals surface area contributed by atoms with E-state index in [1.165, 1.54) is 24.5 Å². The molecule has 0 aliphatic rings. The lowest BCUT2D eigenvalue weighted by Crippen LogP contribution is -2.34. The molecule has 1 aromatic heterocycles. The van der Waals surface area contributed by atoms with Crippen molar-refractivity contribution >= 4 is 18.5 Å². The Morgan fingerprint density at radius 2 is 1.90 bits per heavy atom. The maximum Gasteiger partial charge on any atom is 0.488 e. The van der Waals surface area contributed by atoms with Gasteiger partial charge in [-0.1, -0.05) is 30.3 Å². The van der Waals surface area contributed by atoms with Crippen LogP contribution in [0, 0.1) is 11.6 Å². The van der Waals surface area contributed by atoms with E-state index < -0.39 is 30.2 Å². The molecule has 29 heavy (non-hydrogen) atoms. The summed E-state index contributed by atoms with van der Waals surface area (Å²) < 4.78 is 27.5. The molecule has 3 aromatic rings. The molecular weight excluding hydrogens is 383 g/mol. The monoisotopic (exact) mass is 399 g/mol. The summed E-state index contributed by atoms with van der Waals surface area (Å²) in [5.41, 5.74) is 0.363. The number of amides is 1. The Kier molecular flexibility index (Phi) is 6.15. The molecule has 0 aliphatic heterocycles. The van der Waals surface area contributed by atoms with Crippen LogP contribution in [0.5, 0.6) is 0 Å². The van der Waals surface area contributed by atoms with E-state index in [2.05, 4.69) is 10.3 Å². The van der Waals surface area contributed by atoms with Crippen LogP contribution in [0.1, 0.15) is 21.5 Å². The molecule has 1 amide bonds. The Labute approximate surface area is 164 Å². The van der Waals surface area contributed by atoms with Gasteiger partial charge in [0.25, 0.3) is 11.5 Å². The molecule has 0 spiro atoms. The lowest BCUT2D eigenvalue weighted by molar-refractivity contribution is 0.0948. The summed E-state index contributed by atoms with van der Waals surface area (Å²) in [4.78, 5) is 28.8. The Balaban J connectivity index is 1.74. The normalized spacial score (nSPS) is 10.6. The Morgan fingerprint density at radius 1 is 1.10 bits per heavy atom. The summed E-state index contributed by atoms with van der Waals surface area (Å²) in [6.07, 6.45) is 2.32. The standard InChI is InChI=1S/C19H16BF2N3O4/c21-16-5-4-13(7-17(16)22)10-25-11-23-9-15(19(25)27)18(26)24-8-12-2-1-3-14(6-12)20(28)29/h1-7,9,11,28-29H,8,10H2,(H,24,26). The number of benzene rings is 2. The van der Waals surface area contributed by atoms with Gasteiger partial charge in [-0.25, -0.2) is 13.8 Å². The van der Waals surface area contributed by atoms with Crippen LogP contribution in [0.3, 0.4) is 0 Å². The fourth-order valence-corrected chi connectivity index (χ4v) is 2.70. The first kappa shape index (κ1) is 20.4. The lowest BCUT2D eigenvalue weighted by Gasteiger charge is -2.09. The van der Waals surface area contributed by atoms with E-state index >= 15 is 0 Å². The number of rotatable bonds is 6. The van der Waals surface area contributed by atoms with Gasteiger partial charge in [-0.15, -0.1) is 0 Å². The third-order valence-electron chi connectivity index (χ3n) is 4.18. The highest BCUT2D eigenvalue weighted by molar-refractivity contribution is 6.58. The number of halogens is 2. The maximum atomic E-state index is 13.4. The molecule has 148 valence electrons. The molecule has 1 heterocycles. The lowest BCUT2D eigenvalue weighted by atomic mass is 9.79. The van der Waals surface area contributed by atoms with E-state index in [9.17, 15) is 28.4 Å². The molecule has 0 unspecified atom stereocenters. The molecular formula is C19H16BF2N3O4. The Morgan fingerprint density at radius 3 is 2.62 bits per heavy atom. The minimum atomic E-state index is -1.63. The first-order chi connectivity index (χ1) is 13.8. The number of nitrogens with one attached hydrogen (secondary N) is 1. The molecule has 0 saturated carbocycles. The van der Waals surface area contributed by atoms with Crippen LogP contribution in [0.25, 0.3) is 0 Å². The minimum Gasteiger partial charge on any atom is -0.423 e. The summed E-state index contributed by atoms with van der Waals surface area (Å²) >= 11 is 0. The SMILES string of the molecule is O=C(NCc1cccc(B(O)O)c1)c1cncn(Cc2ccc(F)c(F)c2)c1=O. The first-order valence-electron chi connectivity index (χ1n) is 8.56. The molecule has 0 aliphatic carbocycles. The van der Waals surface area contributed by atoms with Crippen molar-refractivity contribution in [2.24, 2.45) is 0 Å². The van der Waals surface area contributed by atoms with Crippen molar-refractivity contribution in [3.05, 3.63) is 93.7 Å². The zero-order chi connectivity index (χ0) is 21.0. The van der Waals surface area contributed by atoms with Crippen LogP contribution in [-0.4, -0.2) is 32.6 Å². The van der Waals surface area contributed by atoms with E-state index in [-0.39, 0.29) is 24.1 Å². The topological polar surface area (TPSA) is 104 Å². The molecule has 0 fully saturated rings. The van der Waals surface area contributed by atoms with Gasteiger partial charge in [-0.05, 0) is 28.7 Å². The number of hydrogen-bond donors (Lipinski definition) is 3. The largest absolute Gasteiger partial charge is 0.488 e. The van der Waals surface area contributed by atoms with Crippen LogP contribution < -0.4 is 16.3 Å². The first-order valence-corrected chi connectivity index (χ1v) is 8.56. The van der Waals surface area contributed by atoms with Crippen molar-refractivity contribution in [1.29, 1.82) is 0 Å². The molecule has 2 aromatic carbocycles. The van der Waals surface area contributed by atoms with Crippen molar-refractivity contribution in [3.8, 4) is 0 Å². The molecule has 0 radical (unpaired) electrons. The zero-order valence-corrected chi connectivity index (χ0v) is 15.0. The Hall–Kier alpha value is -3.37. The number of carbonyl (C=O) groups is 1. The molecule has 3 rings (SSSR count). The van der Waals surface area contributed by atoms with Crippen LogP contribution >= 0.6 is 0 Å². The highest BCUT2D eigenvalue weighted by Crippen LogP contribution is 2.09. The van der Waals surface area contributed by atoms with E-state index in [0.717, 1.165) is 22.9 Å². The highest BCUT2D eigenvalue weighted by atomic mass is 19.2. The second-order valence-corrected chi connectivity index (χ2v) is 6.29. The number of hydrogen-bond acceptors (Lipinski definition) is 5. The van der Waals surface area contributed by atoms with E-state index in [0.29, 0.717) is 11.1 Å². The average molecular weight is 399 g/mol. The fourth-order valence-electron chi connectivity index (χ4n) is 2.70. The van der Waals surface area contributed by atoms with Gasteiger partial charge in [0, 0.05) is 12.7 Å². The summed E-state index contributed by atoms with van der Waals surface area (Å²) in [7, 11) is -1.63. The van der Waals surface area contributed by atoms with Crippen molar-refractivity contribution < 1.29 is 23.6 Å². The summed E-state index contributed by atoms with van der Waals surface area (Å²) in [5, 5.41) is 21.0. The maximum absolute atomic E-state index is 13.4. The smallest absolute Gasteiger partial charge is 0.423 e. The number of aromatic nitrogens is 2. The summed E-state index contributed by atoms with van der Waals surface area (Å²) in [6.45, 7) is -0.0303. The van der Waals surface area contributed by atoms with Crippen molar-refractivity contribution in [2.45, 2.75) is 13.1 Å². The third kappa shape index (κ3) is 4.92. The van der Waals surface area contributed by atoms with Crippen molar-refractivity contribution in [3.63, 3.8) is 0 Å². The van der Waals surface area contributed by atoms with Crippen LogP contribution in [-0.2, 0) is 13.1 Å². The predicted octanol–water partition coefficient (Wildman–Crippen LogP) is 0.180. The molecule has 0 bridgehead atoms. The van der Waals surface area contributed by atoms with Crippen LogP contribution in [0.15, 0.2) is 59.8 Å². The molecule has 0 atom stereocenters. The van der Waals surface area contributed by atoms with Gasteiger partial charge in [-0.2, -0.15) is 0 Å². The van der Waals surface area contributed by atoms with Gasteiger partial charge < -0.3 is 15.4 Å². The van der Waals surface area contributed by atoms with Crippen molar-refractivity contribution in [2.75, 3.05) is 0 Å². The second-order valence-electron chi connectivity index (χ2n) is 6.29. The average Bonchev–Trinajstić information content (AvgIpc) is 2.70. The second kappa shape index (κ2) is 8.76. The highest BCUT2D eigenvalue weighted by Gasteiger charge is 2.15. The van der Waals surface area contributed by atoms with E-state index in [1.54, 1.807) is 12.1 Å². The number of carbonyl (C=O) groups excluding carboxylic acids is 1. The van der Waals surface area contributed by atoms with Crippen LogP contribution in [0.4, 0.5) is 8.78 Å². The number of nitrogens with zero attached hydrogens (tertiary/aromatic N) is 2. The fraction of sp³-hybridized carbons (Fsp3) is 0.105. The van der Waals surface area contributed by atoms with E-state index in [4.69, 9.17) is 0 Å². The van der Waals surface area contributed by atoms with Gasteiger partial charge in [0.2, 0.25) is 0 Å². The molecule has 3 N–H and O–H groups in total. The van der Waals surface area contributed by atoms with E-state index in [1.807, 2.05) is 0 Å². The zero-order valence-electron chi connectivity index (χ0n) is 15.0. The van der Waals surface area contributed by atoms with Gasteiger partial charge in [-0.3, -0.25) is 14.2 Å². The third-order valence-corrected chi connectivity index (χ3v) is 4.18. The predicted molar refractivity (Wildman–Crippen MR) is 101 cm³/mol. The molecule has 10 heteroatoms. The van der Waals surface area contributed by atoms with Gasteiger partial charge in [0.1, 0.15) is 5.56 Å².